The molecule has 1 fully saturated rings. The van der Waals surface area contributed by atoms with Crippen molar-refractivity contribution in [3.8, 4) is 0 Å². The molecule has 0 saturated carbocycles. The third-order valence-electron chi connectivity index (χ3n) is 3.60. The monoisotopic (exact) mass is 260 g/mol. The van der Waals surface area contributed by atoms with Crippen LogP contribution in [0.25, 0.3) is 5.65 Å². The summed E-state index contributed by atoms with van der Waals surface area (Å²) in [5.74, 6) is -0.939. The van der Waals surface area contributed by atoms with Gasteiger partial charge in [-0.15, -0.1) is 0 Å². The lowest BCUT2D eigenvalue weighted by molar-refractivity contribution is -0.143. The summed E-state index contributed by atoms with van der Waals surface area (Å²) in [6.07, 6.45) is 7.13. The zero-order valence-electron chi connectivity index (χ0n) is 10.6. The number of piperidine rings is 1. The van der Waals surface area contributed by atoms with E-state index in [1.807, 2.05) is 18.5 Å². The molecule has 0 aliphatic carbocycles. The van der Waals surface area contributed by atoms with E-state index >= 15 is 0 Å². The van der Waals surface area contributed by atoms with Gasteiger partial charge in [0.1, 0.15) is 0 Å². The van der Waals surface area contributed by atoms with Gasteiger partial charge in [-0.25, -0.2) is 9.50 Å². The van der Waals surface area contributed by atoms with Crippen LogP contribution in [0.4, 0.5) is 0 Å². The first-order chi connectivity index (χ1) is 9.24. The van der Waals surface area contributed by atoms with Crippen molar-refractivity contribution < 1.29 is 9.90 Å². The fourth-order valence-electron chi connectivity index (χ4n) is 2.63. The van der Waals surface area contributed by atoms with Crippen LogP contribution in [0, 0.1) is 5.92 Å². The van der Waals surface area contributed by atoms with Crippen molar-refractivity contribution in [3.05, 3.63) is 30.2 Å². The lowest BCUT2D eigenvalue weighted by Crippen LogP contribution is -2.38. The average Bonchev–Trinajstić information content (AvgIpc) is 2.83. The molecular weight excluding hydrogens is 244 g/mol. The van der Waals surface area contributed by atoms with E-state index in [9.17, 15) is 4.79 Å². The van der Waals surface area contributed by atoms with E-state index in [0.29, 0.717) is 13.1 Å². The molecule has 1 aliphatic rings. The van der Waals surface area contributed by atoms with E-state index in [0.717, 1.165) is 30.6 Å². The Hall–Kier alpha value is -1.95. The number of aromatic nitrogens is 3. The standard InChI is InChI=1S/C13H16N4O2/c18-13(19)10-3-1-5-16(8-10)9-11-7-15-17-6-2-4-14-12(11)17/h2,4,6-7,10H,1,3,5,8-9H2,(H,18,19). The number of hydrogen-bond donors (Lipinski definition) is 1. The molecule has 19 heavy (non-hydrogen) atoms. The smallest absolute Gasteiger partial charge is 0.307 e. The lowest BCUT2D eigenvalue weighted by atomic mass is 9.98. The van der Waals surface area contributed by atoms with Crippen molar-refractivity contribution in [2.45, 2.75) is 19.4 Å². The Morgan fingerprint density at radius 3 is 3.26 bits per heavy atom. The Balaban J connectivity index is 1.76. The van der Waals surface area contributed by atoms with Gasteiger partial charge in [0.25, 0.3) is 0 Å². The molecule has 100 valence electrons. The SMILES string of the molecule is O=C(O)C1CCCN(Cc2cnn3cccnc23)C1. The van der Waals surface area contributed by atoms with Gasteiger partial charge in [0, 0.05) is 31.0 Å². The molecule has 2 aromatic heterocycles. The second-order valence-corrected chi connectivity index (χ2v) is 4.97. The number of hydrogen-bond acceptors (Lipinski definition) is 4. The second kappa shape index (κ2) is 4.97. The van der Waals surface area contributed by atoms with Crippen molar-refractivity contribution in [3.63, 3.8) is 0 Å². The Labute approximate surface area is 110 Å². The van der Waals surface area contributed by atoms with Gasteiger partial charge in [0.15, 0.2) is 5.65 Å². The highest BCUT2D eigenvalue weighted by molar-refractivity contribution is 5.70. The molecule has 0 radical (unpaired) electrons. The van der Waals surface area contributed by atoms with Gasteiger partial charge in [-0.1, -0.05) is 0 Å². The maximum atomic E-state index is 11.1. The molecule has 0 bridgehead atoms. The van der Waals surface area contributed by atoms with Crippen molar-refractivity contribution in [1.82, 2.24) is 19.5 Å². The molecule has 2 aromatic rings. The molecule has 1 N–H and O–H groups in total. The van der Waals surface area contributed by atoms with Crippen LogP contribution in [0.2, 0.25) is 0 Å². The molecule has 0 aromatic carbocycles. The summed E-state index contributed by atoms with van der Waals surface area (Å²) in [5.41, 5.74) is 1.89. The third kappa shape index (κ3) is 2.44. The predicted molar refractivity (Wildman–Crippen MR) is 68.6 cm³/mol. The molecule has 0 spiro atoms. The van der Waals surface area contributed by atoms with Gasteiger partial charge >= 0.3 is 5.97 Å². The van der Waals surface area contributed by atoms with Crippen molar-refractivity contribution in [2.75, 3.05) is 13.1 Å². The number of fused-ring (bicyclic) bond motifs is 1. The van der Waals surface area contributed by atoms with Crippen LogP contribution in [-0.2, 0) is 11.3 Å². The van der Waals surface area contributed by atoms with Crippen LogP contribution < -0.4 is 0 Å². The summed E-state index contributed by atoms with van der Waals surface area (Å²) in [6, 6.07) is 1.84. The summed E-state index contributed by atoms with van der Waals surface area (Å²) in [4.78, 5) is 17.6. The summed E-state index contributed by atoms with van der Waals surface area (Å²) in [7, 11) is 0. The minimum atomic E-state index is -0.692. The Morgan fingerprint density at radius 1 is 1.53 bits per heavy atom. The quantitative estimate of drug-likeness (QED) is 0.892. The number of nitrogens with zero attached hydrogens (tertiary/aromatic N) is 4. The molecular formula is C13H16N4O2. The molecule has 6 nitrogen and oxygen atoms in total. The van der Waals surface area contributed by atoms with Crippen LogP contribution in [0.15, 0.2) is 24.7 Å². The number of carboxylic acid groups (broad SMARTS) is 1. The largest absolute Gasteiger partial charge is 0.481 e. The minimum absolute atomic E-state index is 0.247. The number of rotatable bonds is 3. The molecule has 1 aliphatic heterocycles. The first kappa shape index (κ1) is 12.1. The van der Waals surface area contributed by atoms with Gasteiger partial charge in [0.05, 0.1) is 12.1 Å². The van der Waals surface area contributed by atoms with Gasteiger partial charge < -0.3 is 5.11 Å². The molecule has 6 heteroatoms. The topological polar surface area (TPSA) is 70.7 Å². The minimum Gasteiger partial charge on any atom is -0.481 e. The van der Waals surface area contributed by atoms with Gasteiger partial charge in [-0.2, -0.15) is 5.10 Å². The van der Waals surface area contributed by atoms with Gasteiger partial charge in [0.2, 0.25) is 0 Å². The normalized spacial score (nSPS) is 20.7. The van der Waals surface area contributed by atoms with E-state index in [4.69, 9.17) is 5.11 Å². The summed E-state index contributed by atoms with van der Waals surface area (Å²) in [5, 5.41) is 13.3. The lowest BCUT2D eigenvalue weighted by Gasteiger charge is -2.30. The molecule has 1 saturated heterocycles. The van der Waals surface area contributed by atoms with E-state index in [1.54, 1.807) is 10.7 Å². The van der Waals surface area contributed by atoms with Crippen molar-refractivity contribution >= 4 is 11.6 Å². The highest BCUT2D eigenvalue weighted by Crippen LogP contribution is 2.19. The Bertz CT molecular complexity index is 595. The summed E-state index contributed by atoms with van der Waals surface area (Å²) < 4.78 is 1.74. The third-order valence-corrected chi connectivity index (χ3v) is 3.60. The Kier molecular flexibility index (Phi) is 3.16. The maximum absolute atomic E-state index is 11.1. The molecule has 1 unspecified atom stereocenters. The number of carboxylic acids is 1. The van der Waals surface area contributed by atoms with E-state index in [1.165, 1.54) is 0 Å². The summed E-state index contributed by atoms with van der Waals surface area (Å²) in [6.45, 7) is 2.26. The van der Waals surface area contributed by atoms with Crippen molar-refractivity contribution in [2.24, 2.45) is 5.92 Å². The number of aliphatic carboxylic acids is 1. The van der Waals surface area contributed by atoms with E-state index < -0.39 is 5.97 Å². The Morgan fingerprint density at radius 2 is 2.42 bits per heavy atom. The van der Waals surface area contributed by atoms with Crippen LogP contribution in [0.1, 0.15) is 18.4 Å². The fourth-order valence-corrected chi connectivity index (χ4v) is 2.63. The highest BCUT2D eigenvalue weighted by Gasteiger charge is 2.25. The van der Waals surface area contributed by atoms with Crippen LogP contribution in [-0.4, -0.2) is 43.7 Å². The number of likely N-dealkylation sites (tertiary alicyclic amines) is 1. The van der Waals surface area contributed by atoms with Gasteiger partial charge in [-0.05, 0) is 25.5 Å². The van der Waals surface area contributed by atoms with Crippen molar-refractivity contribution in [1.29, 1.82) is 0 Å². The zero-order valence-corrected chi connectivity index (χ0v) is 10.6. The first-order valence-corrected chi connectivity index (χ1v) is 6.46. The average molecular weight is 260 g/mol. The summed E-state index contributed by atoms with van der Waals surface area (Å²) >= 11 is 0. The van der Waals surface area contributed by atoms with E-state index in [2.05, 4.69) is 15.0 Å². The predicted octanol–water partition coefficient (Wildman–Crippen LogP) is 1.03. The molecule has 3 rings (SSSR count). The van der Waals surface area contributed by atoms with Crippen LogP contribution in [0.3, 0.4) is 0 Å². The number of carbonyl (C=O) groups is 1. The molecule has 1 atom stereocenters. The second-order valence-electron chi connectivity index (χ2n) is 4.97. The maximum Gasteiger partial charge on any atom is 0.307 e. The van der Waals surface area contributed by atoms with Gasteiger partial charge in [-0.3, -0.25) is 9.69 Å². The zero-order chi connectivity index (χ0) is 13.2. The van der Waals surface area contributed by atoms with E-state index in [-0.39, 0.29) is 5.92 Å². The first-order valence-electron chi connectivity index (χ1n) is 6.46. The molecule has 0 amide bonds. The van der Waals surface area contributed by atoms with Crippen LogP contribution in [0.5, 0.6) is 0 Å². The molecule has 3 heterocycles. The van der Waals surface area contributed by atoms with Crippen LogP contribution >= 0.6 is 0 Å². The highest BCUT2D eigenvalue weighted by atomic mass is 16.4. The fraction of sp³-hybridized carbons (Fsp3) is 0.462.